The molecule has 1 saturated carbocycles. The molecule has 1 aromatic heterocycles. The summed E-state index contributed by atoms with van der Waals surface area (Å²) in [6.45, 7) is 0.725. The van der Waals surface area contributed by atoms with Crippen molar-refractivity contribution in [3.05, 3.63) is 56.5 Å². The van der Waals surface area contributed by atoms with E-state index < -0.39 is 0 Å². The third-order valence-electron chi connectivity index (χ3n) is 6.12. The molecule has 150 valence electrons. The molecule has 1 fully saturated rings. The number of aromatic nitrogens is 2. The van der Waals surface area contributed by atoms with Crippen molar-refractivity contribution in [2.45, 2.75) is 70.0 Å². The summed E-state index contributed by atoms with van der Waals surface area (Å²) in [5.74, 6) is 0.711. The van der Waals surface area contributed by atoms with Crippen LogP contribution in [-0.2, 0) is 19.4 Å². The van der Waals surface area contributed by atoms with Gasteiger partial charge in [0.25, 0.3) is 5.56 Å². The Kier molecular flexibility index (Phi) is 6.02. The molecule has 0 unspecified atom stereocenters. The maximum Gasteiger partial charge on any atom is 0.267 e. The first-order valence-electron chi connectivity index (χ1n) is 10.3. The Hall–Kier alpha value is -1.85. The van der Waals surface area contributed by atoms with Crippen molar-refractivity contribution in [1.29, 1.82) is 0 Å². The molecule has 0 amide bonds. The summed E-state index contributed by atoms with van der Waals surface area (Å²) in [5, 5.41) is 9.03. The van der Waals surface area contributed by atoms with E-state index in [9.17, 15) is 4.79 Å². The lowest BCUT2D eigenvalue weighted by atomic mass is 9.90. The zero-order valence-corrected chi connectivity index (χ0v) is 17.2. The van der Waals surface area contributed by atoms with Crippen molar-refractivity contribution in [2.75, 3.05) is 7.11 Å². The molecule has 1 aromatic carbocycles. The number of aryl methyl sites for hydroxylation is 2. The largest absolute Gasteiger partial charge is 0.495 e. The molecule has 2 aliphatic carbocycles. The van der Waals surface area contributed by atoms with E-state index in [0.29, 0.717) is 16.8 Å². The van der Waals surface area contributed by atoms with Crippen LogP contribution < -0.4 is 15.6 Å². The lowest BCUT2D eigenvalue weighted by molar-refractivity contribution is 0.266. The Morgan fingerprint density at radius 1 is 1.21 bits per heavy atom. The van der Waals surface area contributed by atoms with Gasteiger partial charge in [0.05, 0.1) is 23.9 Å². The van der Waals surface area contributed by atoms with Gasteiger partial charge in [-0.15, -0.1) is 0 Å². The predicted molar refractivity (Wildman–Crippen MR) is 111 cm³/mol. The summed E-state index contributed by atoms with van der Waals surface area (Å²) >= 11 is 6.39. The Labute approximate surface area is 171 Å². The topological polar surface area (TPSA) is 56.1 Å². The number of nitrogens with one attached hydrogen (secondary N) is 1. The molecule has 0 spiro atoms. The van der Waals surface area contributed by atoms with Crippen LogP contribution in [0.5, 0.6) is 5.75 Å². The highest BCUT2D eigenvalue weighted by Crippen LogP contribution is 2.30. The van der Waals surface area contributed by atoms with E-state index in [1.165, 1.54) is 12.8 Å². The minimum absolute atomic E-state index is 0.0696. The molecule has 2 aliphatic rings. The normalized spacial score (nSPS) is 21.9. The summed E-state index contributed by atoms with van der Waals surface area (Å²) in [4.78, 5) is 12.5. The van der Waals surface area contributed by atoms with Crippen LogP contribution in [0.25, 0.3) is 0 Å². The van der Waals surface area contributed by atoms with Crippen molar-refractivity contribution in [2.24, 2.45) is 0 Å². The second-order valence-electron chi connectivity index (χ2n) is 7.93. The molecule has 4 rings (SSSR count). The summed E-state index contributed by atoms with van der Waals surface area (Å²) in [7, 11) is 1.64. The highest BCUT2D eigenvalue weighted by Gasteiger charge is 2.25. The number of fused-ring (bicyclic) bond motifs is 1. The SMILES string of the molecule is COc1cccc(CNC2CCC(n3nc4c(cc3=O)CCCC4)CC2)c1Cl. The molecule has 0 aliphatic heterocycles. The maximum atomic E-state index is 12.5. The van der Waals surface area contributed by atoms with Gasteiger partial charge in [0, 0.05) is 18.7 Å². The van der Waals surface area contributed by atoms with Crippen LogP contribution in [0.1, 0.15) is 61.4 Å². The molecule has 1 N–H and O–H groups in total. The van der Waals surface area contributed by atoms with Crippen LogP contribution in [0.15, 0.2) is 29.1 Å². The second-order valence-corrected chi connectivity index (χ2v) is 8.30. The van der Waals surface area contributed by atoms with Crippen molar-refractivity contribution >= 4 is 11.6 Å². The number of methoxy groups -OCH3 is 1. The summed E-state index contributed by atoms with van der Waals surface area (Å²) in [6.07, 6.45) is 8.41. The van der Waals surface area contributed by atoms with E-state index in [0.717, 1.165) is 61.9 Å². The predicted octanol–water partition coefficient (Wildman–Crippen LogP) is 4.06. The van der Waals surface area contributed by atoms with Gasteiger partial charge in [-0.05, 0) is 68.6 Å². The number of hydrogen-bond acceptors (Lipinski definition) is 4. The first-order valence-corrected chi connectivity index (χ1v) is 10.7. The molecular weight excluding hydrogens is 374 g/mol. The number of hydrogen-bond donors (Lipinski definition) is 1. The second kappa shape index (κ2) is 8.66. The van der Waals surface area contributed by atoms with E-state index in [1.54, 1.807) is 11.8 Å². The minimum atomic E-state index is 0.0696. The molecule has 1 heterocycles. The fourth-order valence-electron chi connectivity index (χ4n) is 4.47. The Balaban J connectivity index is 1.36. The van der Waals surface area contributed by atoms with Crippen molar-refractivity contribution in [3.8, 4) is 5.75 Å². The molecule has 2 aromatic rings. The standard InChI is InChI=1S/C22H28ClN3O2/c1-28-20-8-4-6-16(22(20)23)14-24-17-9-11-18(12-10-17)26-21(27)13-15-5-2-3-7-19(15)25-26/h4,6,8,13,17-18,24H,2-3,5,7,9-12,14H2,1H3. The van der Waals surface area contributed by atoms with Crippen molar-refractivity contribution in [3.63, 3.8) is 0 Å². The van der Waals surface area contributed by atoms with Gasteiger partial charge < -0.3 is 10.1 Å². The average Bonchev–Trinajstić information content (AvgIpc) is 2.73. The van der Waals surface area contributed by atoms with E-state index in [2.05, 4.69) is 5.32 Å². The van der Waals surface area contributed by atoms with Crippen LogP contribution in [0.2, 0.25) is 5.02 Å². The third-order valence-corrected chi connectivity index (χ3v) is 6.55. The zero-order chi connectivity index (χ0) is 19.5. The van der Waals surface area contributed by atoms with Crippen molar-refractivity contribution < 1.29 is 4.74 Å². The van der Waals surface area contributed by atoms with E-state index in [4.69, 9.17) is 21.4 Å². The summed E-state index contributed by atoms with van der Waals surface area (Å²) in [5.41, 5.74) is 3.42. The summed E-state index contributed by atoms with van der Waals surface area (Å²) in [6, 6.07) is 8.36. The molecule has 0 radical (unpaired) electrons. The fourth-order valence-corrected chi connectivity index (χ4v) is 4.74. The fraction of sp³-hybridized carbons (Fsp3) is 0.545. The van der Waals surface area contributed by atoms with Crippen LogP contribution in [-0.4, -0.2) is 22.9 Å². The number of ether oxygens (including phenoxy) is 1. The van der Waals surface area contributed by atoms with Crippen LogP contribution >= 0.6 is 11.6 Å². The van der Waals surface area contributed by atoms with Crippen LogP contribution in [0.4, 0.5) is 0 Å². The summed E-state index contributed by atoms with van der Waals surface area (Å²) < 4.78 is 7.06. The lowest BCUT2D eigenvalue weighted by Crippen LogP contribution is -2.37. The minimum Gasteiger partial charge on any atom is -0.495 e. The first kappa shape index (κ1) is 19.5. The highest BCUT2D eigenvalue weighted by atomic mass is 35.5. The van der Waals surface area contributed by atoms with E-state index in [-0.39, 0.29) is 11.6 Å². The Morgan fingerprint density at radius 3 is 2.79 bits per heavy atom. The molecule has 5 nitrogen and oxygen atoms in total. The van der Waals surface area contributed by atoms with Gasteiger partial charge in [-0.25, -0.2) is 4.68 Å². The Morgan fingerprint density at radius 2 is 2.00 bits per heavy atom. The molecular formula is C22H28ClN3O2. The zero-order valence-electron chi connectivity index (χ0n) is 16.4. The Bertz CT molecular complexity index is 888. The number of nitrogens with zero attached hydrogens (tertiary/aromatic N) is 2. The van der Waals surface area contributed by atoms with Crippen molar-refractivity contribution in [1.82, 2.24) is 15.1 Å². The lowest BCUT2D eigenvalue weighted by Gasteiger charge is -2.30. The van der Waals surface area contributed by atoms with Gasteiger partial charge in [0.15, 0.2) is 0 Å². The van der Waals surface area contributed by atoms with Gasteiger partial charge >= 0.3 is 0 Å². The smallest absolute Gasteiger partial charge is 0.267 e. The monoisotopic (exact) mass is 401 g/mol. The van der Waals surface area contributed by atoms with Crippen LogP contribution in [0, 0.1) is 0 Å². The van der Waals surface area contributed by atoms with Gasteiger partial charge in [-0.2, -0.15) is 5.10 Å². The van der Waals surface area contributed by atoms with Crippen LogP contribution in [0.3, 0.4) is 0 Å². The van der Waals surface area contributed by atoms with Gasteiger partial charge in [0.2, 0.25) is 0 Å². The third kappa shape index (κ3) is 4.11. The first-order chi connectivity index (χ1) is 13.7. The van der Waals surface area contributed by atoms with E-state index >= 15 is 0 Å². The molecule has 28 heavy (non-hydrogen) atoms. The van der Waals surface area contributed by atoms with Gasteiger partial charge in [0.1, 0.15) is 5.75 Å². The molecule has 0 atom stereocenters. The molecule has 0 bridgehead atoms. The van der Waals surface area contributed by atoms with E-state index in [1.807, 2.05) is 24.3 Å². The number of benzene rings is 1. The van der Waals surface area contributed by atoms with Gasteiger partial charge in [-0.3, -0.25) is 4.79 Å². The highest BCUT2D eigenvalue weighted by molar-refractivity contribution is 6.32. The van der Waals surface area contributed by atoms with Gasteiger partial charge in [-0.1, -0.05) is 23.7 Å². The molecule has 6 heteroatoms. The number of halogens is 1. The quantitative estimate of drug-likeness (QED) is 0.820. The number of rotatable bonds is 5. The molecule has 0 saturated heterocycles. The average molecular weight is 402 g/mol. The maximum absolute atomic E-state index is 12.5.